The van der Waals surface area contributed by atoms with Crippen LogP contribution >= 0.6 is 0 Å². The van der Waals surface area contributed by atoms with Crippen molar-refractivity contribution >= 4 is 19.4 Å². The molecule has 4 aliphatic carbocycles. The third-order valence-electron chi connectivity index (χ3n) is 7.72. The average Bonchev–Trinajstić information content (AvgIpc) is 2.73. The van der Waals surface area contributed by atoms with Crippen molar-refractivity contribution in [1.29, 1.82) is 0 Å². The Kier molecular flexibility index (Phi) is 3.27. The van der Waals surface area contributed by atoms with Crippen LogP contribution in [0.4, 0.5) is 0 Å². The van der Waals surface area contributed by atoms with Gasteiger partial charge in [0.25, 0.3) is 0 Å². The van der Waals surface area contributed by atoms with Crippen molar-refractivity contribution in [2.45, 2.75) is 64.3 Å². The highest BCUT2D eigenvalue weighted by atomic mass is 16.3. The first-order valence-corrected chi connectivity index (χ1v) is 9.00. The Morgan fingerprint density at radius 1 is 1.13 bits per heavy atom. The van der Waals surface area contributed by atoms with Gasteiger partial charge in [0.05, 0.1) is 14.0 Å². The summed E-state index contributed by atoms with van der Waals surface area (Å²) in [5.41, 5.74) is 0.737. The highest BCUT2D eigenvalue weighted by Crippen LogP contribution is 2.64. The van der Waals surface area contributed by atoms with Gasteiger partial charge in [0.15, 0.2) is 5.78 Å². The molecule has 2 radical (unpaired) electrons. The van der Waals surface area contributed by atoms with Crippen molar-refractivity contribution in [2.75, 3.05) is 0 Å². The minimum absolute atomic E-state index is 0.00880. The maximum Gasteiger partial charge on any atom is 0.159 e. The summed E-state index contributed by atoms with van der Waals surface area (Å²) in [6.07, 6.45) is 6.31. The van der Waals surface area contributed by atoms with Crippen LogP contribution in [-0.2, 0) is 9.59 Å². The highest BCUT2D eigenvalue weighted by molar-refractivity contribution is 6.26. The predicted octanol–water partition coefficient (Wildman–Crippen LogP) is 2.63. The molecule has 0 aliphatic heterocycles. The zero-order valence-corrected chi connectivity index (χ0v) is 14.0. The van der Waals surface area contributed by atoms with Crippen LogP contribution in [0.15, 0.2) is 11.6 Å². The van der Waals surface area contributed by atoms with Gasteiger partial charge in [-0.2, -0.15) is 0 Å². The van der Waals surface area contributed by atoms with E-state index in [1.54, 1.807) is 0 Å². The molecule has 1 N–H and O–H groups in total. The van der Waals surface area contributed by atoms with Gasteiger partial charge in [0.2, 0.25) is 0 Å². The van der Waals surface area contributed by atoms with Crippen LogP contribution in [0.25, 0.3) is 0 Å². The highest BCUT2D eigenvalue weighted by Gasteiger charge is 2.62. The fourth-order valence-electron chi connectivity index (χ4n) is 6.26. The number of carbonyl (C=O) groups is 2. The molecule has 4 rings (SSSR count). The molecular formula is C19H25BO3. The minimum Gasteiger partial charge on any atom is -0.393 e. The molecule has 0 saturated heterocycles. The van der Waals surface area contributed by atoms with Gasteiger partial charge in [0, 0.05) is 11.3 Å². The molecule has 122 valence electrons. The molecule has 0 aromatic rings. The van der Waals surface area contributed by atoms with Gasteiger partial charge in [-0.15, -0.1) is 0 Å². The maximum atomic E-state index is 12.9. The number of hydrogen-bond donors (Lipinski definition) is 1. The topological polar surface area (TPSA) is 54.4 Å². The third kappa shape index (κ3) is 1.93. The van der Waals surface area contributed by atoms with Gasteiger partial charge in [-0.05, 0) is 67.7 Å². The monoisotopic (exact) mass is 312 g/mol. The number of Topliss-reactive ketones (excluding diaryl/α,β-unsaturated/α-hetero) is 1. The summed E-state index contributed by atoms with van der Waals surface area (Å²) in [7, 11) is 6.06. The number of rotatable bonds is 0. The van der Waals surface area contributed by atoms with Crippen LogP contribution in [0.1, 0.15) is 52.4 Å². The lowest BCUT2D eigenvalue weighted by molar-refractivity contribution is -0.139. The predicted molar refractivity (Wildman–Crippen MR) is 88.0 cm³/mol. The van der Waals surface area contributed by atoms with Crippen molar-refractivity contribution in [1.82, 2.24) is 0 Å². The van der Waals surface area contributed by atoms with E-state index in [-0.39, 0.29) is 34.9 Å². The molecule has 4 aliphatic rings. The second-order valence-corrected chi connectivity index (χ2v) is 8.79. The molecule has 4 heteroatoms. The van der Waals surface area contributed by atoms with E-state index in [1.807, 2.05) is 13.0 Å². The molecule has 0 aromatic carbocycles. The SMILES string of the molecule is [B][C@@H]1CC2C3C(=O)C=C4C[C@@H](O)CC[C@]4(C)C3CC[C@]2(C)C1=O. The van der Waals surface area contributed by atoms with Crippen molar-refractivity contribution in [3.05, 3.63) is 11.6 Å². The summed E-state index contributed by atoms with van der Waals surface area (Å²) in [5.74, 6) is 0.275. The number of carbonyl (C=O) groups excluding carboxylic acids is 2. The zero-order chi connectivity index (χ0) is 16.6. The number of hydrogen-bond acceptors (Lipinski definition) is 3. The second kappa shape index (κ2) is 4.81. The summed E-state index contributed by atoms with van der Waals surface area (Å²) in [4.78, 5) is 25.5. The van der Waals surface area contributed by atoms with Crippen molar-refractivity contribution in [3.63, 3.8) is 0 Å². The maximum absolute atomic E-state index is 12.9. The quantitative estimate of drug-likeness (QED) is 0.700. The van der Waals surface area contributed by atoms with E-state index >= 15 is 0 Å². The van der Waals surface area contributed by atoms with Crippen LogP contribution < -0.4 is 0 Å². The molecular weight excluding hydrogens is 287 g/mol. The number of fused-ring (bicyclic) bond motifs is 5. The molecule has 3 unspecified atom stereocenters. The molecule has 23 heavy (non-hydrogen) atoms. The molecule has 3 saturated carbocycles. The minimum atomic E-state index is -0.411. The smallest absolute Gasteiger partial charge is 0.159 e. The molecule has 7 atom stereocenters. The van der Waals surface area contributed by atoms with Gasteiger partial charge in [-0.1, -0.05) is 19.4 Å². The van der Waals surface area contributed by atoms with Gasteiger partial charge >= 0.3 is 0 Å². The van der Waals surface area contributed by atoms with Crippen molar-refractivity contribution in [2.24, 2.45) is 28.6 Å². The van der Waals surface area contributed by atoms with Gasteiger partial charge in [-0.3, -0.25) is 9.59 Å². The molecule has 0 amide bonds. The number of ketones is 2. The van der Waals surface area contributed by atoms with Gasteiger partial charge < -0.3 is 5.11 Å². The lowest BCUT2D eigenvalue weighted by Crippen LogP contribution is -2.53. The van der Waals surface area contributed by atoms with E-state index in [9.17, 15) is 14.7 Å². The molecule has 0 bridgehead atoms. The Balaban J connectivity index is 1.76. The van der Waals surface area contributed by atoms with Crippen LogP contribution in [0.2, 0.25) is 5.82 Å². The third-order valence-corrected chi connectivity index (χ3v) is 7.72. The van der Waals surface area contributed by atoms with E-state index in [1.165, 1.54) is 0 Å². The van der Waals surface area contributed by atoms with Crippen LogP contribution in [0, 0.1) is 28.6 Å². The van der Waals surface area contributed by atoms with Gasteiger partial charge in [-0.25, -0.2) is 0 Å². The number of allylic oxidation sites excluding steroid dienone is 1. The van der Waals surface area contributed by atoms with Crippen LogP contribution in [0.3, 0.4) is 0 Å². The first-order chi connectivity index (χ1) is 10.8. The molecule has 3 fully saturated rings. The van der Waals surface area contributed by atoms with E-state index < -0.39 is 11.2 Å². The van der Waals surface area contributed by atoms with Crippen molar-refractivity contribution in [3.8, 4) is 0 Å². The summed E-state index contributed by atoms with van der Waals surface area (Å²) >= 11 is 0. The Morgan fingerprint density at radius 2 is 1.83 bits per heavy atom. The Labute approximate surface area is 139 Å². The first-order valence-electron chi connectivity index (χ1n) is 9.00. The first kappa shape index (κ1) is 15.6. The lowest BCUT2D eigenvalue weighted by Gasteiger charge is -2.55. The molecule has 0 heterocycles. The molecule has 0 spiro atoms. The summed E-state index contributed by atoms with van der Waals surface area (Å²) in [6, 6.07) is 0. The molecule has 3 nitrogen and oxygen atoms in total. The van der Waals surface area contributed by atoms with E-state index in [4.69, 9.17) is 7.85 Å². The fraction of sp³-hybridized carbons (Fsp3) is 0.789. The average molecular weight is 312 g/mol. The Morgan fingerprint density at radius 3 is 2.57 bits per heavy atom. The normalized spacial score (nSPS) is 52.5. The lowest BCUT2D eigenvalue weighted by atomic mass is 9.48. The van der Waals surface area contributed by atoms with Crippen LogP contribution in [-0.4, -0.2) is 30.6 Å². The molecule has 0 aromatic heterocycles. The van der Waals surface area contributed by atoms with Crippen molar-refractivity contribution < 1.29 is 14.7 Å². The summed E-state index contributed by atoms with van der Waals surface area (Å²) < 4.78 is 0. The standard InChI is InChI=1S/C19H25BO3/c1-18-5-3-11(21)7-10(18)8-15(22)16-12(18)4-6-19(2)13(16)9-14(20)17(19)23/h8,11-14,16,21H,3-7,9H2,1-2H3/t11-,12?,13?,14+,16?,18-,19-/m0/s1. The largest absolute Gasteiger partial charge is 0.393 e. The van der Waals surface area contributed by atoms with Gasteiger partial charge in [0.1, 0.15) is 5.78 Å². The Hall–Kier alpha value is -0.895. The number of aliphatic hydroxyl groups excluding tert-OH is 1. The van der Waals surface area contributed by atoms with E-state index in [0.717, 1.165) is 31.3 Å². The summed E-state index contributed by atoms with van der Waals surface area (Å²) in [6.45, 7) is 4.30. The van der Waals surface area contributed by atoms with Crippen LogP contribution in [0.5, 0.6) is 0 Å². The second-order valence-electron chi connectivity index (χ2n) is 8.79. The number of aliphatic hydroxyl groups is 1. The fourth-order valence-corrected chi connectivity index (χ4v) is 6.26. The van der Waals surface area contributed by atoms with E-state index in [0.29, 0.717) is 18.8 Å². The zero-order valence-electron chi connectivity index (χ0n) is 14.0. The summed E-state index contributed by atoms with van der Waals surface area (Å²) in [5, 5.41) is 9.99. The van der Waals surface area contributed by atoms with E-state index in [2.05, 4.69) is 6.92 Å². The Bertz CT molecular complexity index is 612.